The van der Waals surface area contributed by atoms with E-state index in [1.807, 2.05) is 48.5 Å². The highest BCUT2D eigenvalue weighted by atomic mass is 79.9. The summed E-state index contributed by atoms with van der Waals surface area (Å²) in [5.41, 5.74) is 1.40. The van der Waals surface area contributed by atoms with E-state index in [4.69, 9.17) is 10.2 Å². The SMILES string of the molecule is O=C(O)/C=C/C(=O)O.O=C(c1ccc(Br)cc1)c1ccc(Br)cc1. The number of aliphatic carboxylic acids is 2. The fourth-order valence-electron chi connectivity index (χ4n) is 1.51. The van der Waals surface area contributed by atoms with Crippen molar-refractivity contribution >= 4 is 49.6 Å². The van der Waals surface area contributed by atoms with Crippen molar-refractivity contribution in [3.05, 3.63) is 80.8 Å². The Morgan fingerprint density at radius 1 is 0.667 bits per heavy atom. The van der Waals surface area contributed by atoms with Crippen molar-refractivity contribution in [1.29, 1.82) is 0 Å². The third kappa shape index (κ3) is 7.34. The van der Waals surface area contributed by atoms with Gasteiger partial charge in [0.1, 0.15) is 0 Å². The molecule has 0 spiro atoms. The average molecular weight is 456 g/mol. The van der Waals surface area contributed by atoms with E-state index < -0.39 is 11.9 Å². The summed E-state index contributed by atoms with van der Waals surface area (Å²) in [7, 11) is 0. The maximum atomic E-state index is 12.0. The molecule has 0 aliphatic carbocycles. The van der Waals surface area contributed by atoms with Crippen LogP contribution in [0.3, 0.4) is 0 Å². The quantitative estimate of drug-likeness (QED) is 0.533. The van der Waals surface area contributed by atoms with Gasteiger partial charge < -0.3 is 10.2 Å². The molecule has 0 saturated heterocycles. The van der Waals surface area contributed by atoms with Crippen LogP contribution in [0.4, 0.5) is 0 Å². The van der Waals surface area contributed by atoms with Gasteiger partial charge in [0.05, 0.1) is 0 Å². The van der Waals surface area contributed by atoms with Crippen LogP contribution in [0.15, 0.2) is 69.6 Å². The summed E-state index contributed by atoms with van der Waals surface area (Å²) < 4.78 is 1.94. The Labute approximate surface area is 154 Å². The van der Waals surface area contributed by atoms with Gasteiger partial charge in [-0.05, 0) is 48.5 Å². The number of carbonyl (C=O) groups excluding carboxylic acids is 1. The highest BCUT2D eigenvalue weighted by Gasteiger charge is 2.07. The zero-order chi connectivity index (χ0) is 18.1. The standard InChI is InChI=1S/C13H8Br2O.C4H4O4/c14-11-5-1-9(2-6-11)13(16)10-3-7-12(15)8-4-10;5-3(6)1-2-4(7)8/h1-8H;1-2H,(H,5,6)(H,7,8)/b;2-1+. The van der Waals surface area contributed by atoms with E-state index >= 15 is 0 Å². The van der Waals surface area contributed by atoms with Crippen molar-refractivity contribution in [2.24, 2.45) is 0 Å². The minimum absolute atomic E-state index is 0.0417. The normalized spacial score (nSPS) is 9.92. The summed E-state index contributed by atoms with van der Waals surface area (Å²) in [6, 6.07) is 14.7. The largest absolute Gasteiger partial charge is 0.478 e. The molecular weight excluding hydrogens is 444 g/mol. The second-order valence-electron chi connectivity index (χ2n) is 4.35. The smallest absolute Gasteiger partial charge is 0.328 e. The Morgan fingerprint density at radius 3 is 1.21 bits per heavy atom. The highest BCUT2D eigenvalue weighted by molar-refractivity contribution is 9.10. The van der Waals surface area contributed by atoms with E-state index in [-0.39, 0.29) is 5.78 Å². The van der Waals surface area contributed by atoms with Crippen molar-refractivity contribution in [1.82, 2.24) is 0 Å². The van der Waals surface area contributed by atoms with Crippen LogP contribution in [0.5, 0.6) is 0 Å². The third-order valence-electron chi connectivity index (χ3n) is 2.58. The zero-order valence-electron chi connectivity index (χ0n) is 12.1. The molecule has 0 aliphatic rings. The van der Waals surface area contributed by atoms with Crippen LogP contribution in [-0.4, -0.2) is 27.9 Å². The molecule has 7 heteroatoms. The molecule has 2 rings (SSSR count). The number of carbonyl (C=O) groups is 3. The summed E-state index contributed by atoms with van der Waals surface area (Å²) in [6.07, 6.45) is 1.12. The van der Waals surface area contributed by atoms with Crippen LogP contribution >= 0.6 is 31.9 Å². The lowest BCUT2D eigenvalue weighted by Crippen LogP contribution is -2.00. The molecule has 0 fully saturated rings. The van der Waals surface area contributed by atoms with Gasteiger partial charge in [0.2, 0.25) is 0 Å². The van der Waals surface area contributed by atoms with E-state index in [2.05, 4.69) is 31.9 Å². The summed E-state index contributed by atoms with van der Waals surface area (Å²) in [4.78, 5) is 31.1. The van der Waals surface area contributed by atoms with Gasteiger partial charge in [-0.25, -0.2) is 9.59 Å². The van der Waals surface area contributed by atoms with E-state index in [0.717, 1.165) is 8.95 Å². The van der Waals surface area contributed by atoms with E-state index in [1.54, 1.807) is 0 Å². The van der Waals surface area contributed by atoms with Gasteiger partial charge in [-0.2, -0.15) is 0 Å². The first-order chi connectivity index (χ1) is 11.3. The number of carboxylic acids is 2. The monoisotopic (exact) mass is 454 g/mol. The zero-order valence-corrected chi connectivity index (χ0v) is 15.3. The van der Waals surface area contributed by atoms with E-state index in [0.29, 0.717) is 23.3 Å². The minimum Gasteiger partial charge on any atom is -0.478 e. The molecule has 24 heavy (non-hydrogen) atoms. The van der Waals surface area contributed by atoms with Crippen molar-refractivity contribution in [2.45, 2.75) is 0 Å². The maximum absolute atomic E-state index is 12.0. The van der Waals surface area contributed by atoms with Gasteiger partial charge in [-0.15, -0.1) is 0 Å². The Bertz CT molecular complexity index is 686. The Hall–Kier alpha value is -2.25. The van der Waals surface area contributed by atoms with Gasteiger partial charge in [-0.1, -0.05) is 31.9 Å². The first kappa shape index (κ1) is 19.8. The molecule has 0 aromatic heterocycles. The Balaban J connectivity index is 0.000000307. The summed E-state index contributed by atoms with van der Waals surface area (Å²) in [5.74, 6) is -2.47. The van der Waals surface area contributed by atoms with Crippen LogP contribution in [0.25, 0.3) is 0 Å². The van der Waals surface area contributed by atoms with Gasteiger partial charge in [0, 0.05) is 32.2 Å². The van der Waals surface area contributed by atoms with Gasteiger partial charge in [0.15, 0.2) is 5.78 Å². The maximum Gasteiger partial charge on any atom is 0.328 e. The van der Waals surface area contributed by atoms with Crippen LogP contribution in [0, 0.1) is 0 Å². The molecule has 2 aromatic carbocycles. The number of ketones is 1. The molecule has 0 saturated carbocycles. The van der Waals surface area contributed by atoms with Gasteiger partial charge in [-0.3, -0.25) is 4.79 Å². The Kier molecular flexibility index (Phi) is 8.08. The Morgan fingerprint density at radius 2 is 0.958 bits per heavy atom. The predicted octanol–water partition coefficient (Wildman–Crippen LogP) is 4.15. The molecule has 0 amide bonds. The van der Waals surface area contributed by atoms with E-state index in [9.17, 15) is 14.4 Å². The number of rotatable bonds is 4. The molecule has 0 aliphatic heterocycles. The van der Waals surface area contributed by atoms with Crippen molar-refractivity contribution in [3.63, 3.8) is 0 Å². The summed E-state index contributed by atoms with van der Waals surface area (Å²) in [6.45, 7) is 0. The molecule has 0 heterocycles. The topological polar surface area (TPSA) is 91.7 Å². The van der Waals surface area contributed by atoms with Gasteiger partial charge >= 0.3 is 11.9 Å². The molecule has 0 unspecified atom stereocenters. The van der Waals surface area contributed by atoms with Crippen LogP contribution in [0.2, 0.25) is 0 Å². The molecule has 0 bridgehead atoms. The van der Waals surface area contributed by atoms with E-state index in [1.165, 1.54) is 0 Å². The first-order valence-corrected chi connectivity index (χ1v) is 8.08. The lowest BCUT2D eigenvalue weighted by molar-refractivity contribution is -0.134. The third-order valence-corrected chi connectivity index (χ3v) is 3.64. The van der Waals surface area contributed by atoms with Crippen molar-refractivity contribution in [3.8, 4) is 0 Å². The molecule has 2 aromatic rings. The number of hydrogen-bond donors (Lipinski definition) is 2. The van der Waals surface area contributed by atoms with Crippen LogP contribution in [-0.2, 0) is 9.59 Å². The number of halogens is 2. The number of hydrogen-bond acceptors (Lipinski definition) is 3. The molecule has 0 radical (unpaired) electrons. The fourth-order valence-corrected chi connectivity index (χ4v) is 2.04. The second kappa shape index (κ2) is 9.79. The molecule has 0 atom stereocenters. The number of carboxylic acid groups (broad SMARTS) is 2. The molecule has 2 N–H and O–H groups in total. The van der Waals surface area contributed by atoms with Crippen molar-refractivity contribution in [2.75, 3.05) is 0 Å². The van der Waals surface area contributed by atoms with Crippen LogP contribution in [0.1, 0.15) is 15.9 Å². The van der Waals surface area contributed by atoms with Gasteiger partial charge in [0.25, 0.3) is 0 Å². The first-order valence-electron chi connectivity index (χ1n) is 6.49. The summed E-state index contributed by atoms with van der Waals surface area (Å²) >= 11 is 6.69. The van der Waals surface area contributed by atoms with Crippen molar-refractivity contribution < 1.29 is 24.6 Å². The fraction of sp³-hybridized carbons (Fsp3) is 0. The lowest BCUT2D eigenvalue weighted by Gasteiger charge is -2.01. The molecule has 5 nitrogen and oxygen atoms in total. The highest BCUT2D eigenvalue weighted by Crippen LogP contribution is 2.16. The molecular formula is C17H12Br2O5. The number of benzene rings is 2. The minimum atomic E-state index is -1.26. The predicted molar refractivity (Wildman–Crippen MR) is 96.1 cm³/mol. The lowest BCUT2D eigenvalue weighted by atomic mass is 10.0. The average Bonchev–Trinajstić information content (AvgIpc) is 2.54. The second-order valence-corrected chi connectivity index (χ2v) is 6.18. The summed E-state index contributed by atoms with van der Waals surface area (Å²) in [5, 5.41) is 15.6. The molecule has 124 valence electrons. The van der Waals surface area contributed by atoms with Crippen LogP contribution < -0.4 is 0 Å².